The highest BCUT2D eigenvalue weighted by Crippen LogP contribution is 2.39. The maximum atomic E-state index is 14.0. The number of H-pyrrole nitrogens is 1. The van der Waals surface area contributed by atoms with Crippen molar-refractivity contribution in [1.29, 1.82) is 0 Å². The first-order valence-electron chi connectivity index (χ1n) is 6.43. The van der Waals surface area contributed by atoms with Crippen molar-refractivity contribution in [3.8, 4) is 11.3 Å². The van der Waals surface area contributed by atoms with E-state index in [0.29, 0.717) is 16.1 Å². The van der Waals surface area contributed by atoms with E-state index in [9.17, 15) is 4.39 Å². The van der Waals surface area contributed by atoms with Crippen molar-refractivity contribution in [3.63, 3.8) is 0 Å². The third kappa shape index (κ3) is 2.32. The number of aryl methyl sites for hydroxylation is 1. The lowest BCUT2D eigenvalue weighted by Crippen LogP contribution is -2.00. The fourth-order valence-corrected chi connectivity index (χ4v) is 2.40. The minimum absolute atomic E-state index is 0.229. The molecule has 1 fully saturated rings. The Hall–Kier alpha value is -1.55. The van der Waals surface area contributed by atoms with Gasteiger partial charge in [-0.2, -0.15) is 0 Å². The number of benzene rings is 1. The quantitative estimate of drug-likeness (QED) is 0.820. The number of nitrogens with zero attached hydrogens (tertiary/aromatic N) is 1. The Morgan fingerprint density at radius 1 is 1.32 bits per heavy atom. The van der Waals surface area contributed by atoms with Gasteiger partial charge in [0.2, 0.25) is 0 Å². The number of hydrogen-bond donors (Lipinski definition) is 1. The van der Waals surface area contributed by atoms with E-state index >= 15 is 0 Å². The predicted octanol–water partition coefficient (Wildman–Crippen LogP) is 4.44. The summed E-state index contributed by atoms with van der Waals surface area (Å²) in [6, 6.07) is 5.11. The molecule has 0 saturated heterocycles. The summed E-state index contributed by atoms with van der Waals surface area (Å²) in [7, 11) is 0. The number of hydrogen-bond acceptors (Lipinski definition) is 2. The largest absolute Gasteiger partial charge is 0.343 e. The van der Waals surface area contributed by atoms with E-state index in [1.807, 2.05) is 19.9 Å². The van der Waals surface area contributed by atoms with Gasteiger partial charge in [0, 0.05) is 17.0 Å². The molecule has 0 radical (unpaired) electrons. The van der Waals surface area contributed by atoms with Crippen LogP contribution >= 0.6 is 12.2 Å². The van der Waals surface area contributed by atoms with Crippen LogP contribution in [0.15, 0.2) is 18.2 Å². The molecular weight excluding hydrogens is 259 g/mol. The third-order valence-electron chi connectivity index (χ3n) is 3.53. The predicted molar refractivity (Wildman–Crippen MR) is 76.3 cm³/mol. The lowest BCUT2D eigenvalue weighted by molar-refractivity contribution is 0.630. The number of nitrogens with one attached hydrogen (secondary N) is 1. The molecule has 1 aromatic heterocycles. The van der Waals surface area contributed by atoms with Gasteiger partial charge in [0.1, 0.15) is 16.3 Å². The van der Waals surface area contributed by atoms with Gasteiger partial charge in [-0.05, 0) is 38.8 Å². The molecule has 2 nitrogen and oxygen atoms in total. The third-order valence-corrected chi connectivity index (χ3v) is 3.92. The van der Waals surface area contributed by atoms with E-state index < -0.39 is 0 Å². The smallest absolute Gasteiger partial charge is 0.133 e. The van der Waals surface area contributed by atoms with Crippen LogP contribution in [0.5, 0.6) is 0 Å². The Kier molecular flexibility index (Phi) is 2.97. The summed E-state index contributed by atoms with van der Waals surface area (Å²) in [5.41, 5.74) is 3.21. The SMILES string of the molecule is Cc1ccc(F)c(-c2[nH]c(C3CC3)nc(=S)c2C)c1. The van der Waals surface area contributed by atoms with E-state index in [1.54, 1.807) is 6.07 Å². The summed E-state index contributed by atoms with van der Waals surface area (Å²) in [6.07, 6.45) is 2.27. The zero-order valence-electron chi connectivity index (χ0n) is 11.0. The summed E-state index contributed by atoms with van der Waals surface area (Å²) in [5, 5.41) is 0. The molecule has 98 valence electrons. The molecule has 1 aliphatic rings. The van der Waals surface area contributed by atoms with Crippen LogP contribution in [0.2, 0.25) is 0 Å². The van der Waals surface area contributed by atoms with Gasteiger partial charge in [-0.1, -0.05) is 23.8 Å². The number of aromatic amines is 1. The molecule has 0 atom stereocenters. The zero-order chi connectivity index (χ0) is 13.6. The van der Waals surface area contributed by atoms with Gasteiger partial charge < -0.3 is 4.98 Å². The molecule has 0 spiro atoms. The molecule has 19 heavy (non-hydrogen) atoms. The van der Waals surface area contributed by atoms with Crippen molar-refractivity contribution in [1.82, 2.24) is 9.97 Å². The number of aromatic nitrogens is 2. The van der Waals surface area contributed by atoms with Crippen LogP contribution in [0.3, 0.4) is 0 Å². The average molecular weight is 274 g/mol. The number of halogens is 1. The van der Waals surface area contributed by atoms with E-state index in [1.165, 1.54) is 6.07 Å². The standard InChI is InChI=1S/C15H15FN2S/c1-8-3-6-12(16)11(7-8)13-9(2)15(19)18-14(17-13)10-4-5-10/h3,6-7,10H,4-5H2,1-2H3,(H,17,18,19). The van der Waals surface area contributed by atoms with Crippen LogP contribution in [0.1, 0.15) is 35.7 Å². The Bertz CT molecular complexity index is 702. The highest BCUT2D eigenvalue weighted by atomic mass is 32.1. The van der Waals surface area contributed by atoms with Crippen LogP contribution < -0.4 is 0 Å². The van der Waals surface area contributed by atoms with E-state index in [-0.39, 0.29) is 5.82 Å². The monoisotopic (exact) mass is 274 g/mol. The van der Waals surface area contributed by atoms with Gasteiger partial charge in [-0.15, -0.1) is 0 Å². The fraction of sp³-hybridized carbons (Fsp3) is 0.333. The first-order valence-corrected chi connectivity index (χ1v) is 6.84. The Balaban J connectivity index is 2.23. The Labute approximate surface area is 116 Å². The lowest BCUT2D eigenvalue weighted by Gasteiger charge is -2.11. The second-order valence-corrected chi connectivity index (χ2v) is 5.57. The van der Waals surface area contributed by atoms with Crippen LogP contribution in [-0.2, 0) is 0 Å². The van der Waals surface area contributed by atoms with Crippen LogP contribution in [0, 0.1) is 24.3 Å². The molecular formula is C15H15FN2S. The van der Waals surface area contributed by atoms with E-state index in [2.05, 4.69) is 9.97 Å². The second-order valence-electron chi connectivity index (χ2n) is 5.18. The number of rotatable bonds is 2. The highest BCUT2D eigenvalue weighted by molar-refractivity contribution is 7.71. The topological polar surface area (TPSA) is 28.7 Å². The summed E-state index contributed by atoms with van der Waals surface area (Å²) < 4.78 is 14.6. The molecule has 2 aromatic rings. The minimum atomic E-state index is -0.229. The van der Waals surface area contributed by atoms with E-state index in [4.69, 9.17) is 12.2 Å². The fourth-order valence-electron chi connectivity index (χ4n) is 2.20. The lowest BCUT2D eigenvalue weighted by atomic mass is 10.0. The molecule has 1 aliphatic carbocycles. The van der Waals surface area contributed by atoms with E-state index in [0.717, 1.165) is 35.5 Å². The second kappa shape index (κ2) is 4.53. The van der Waals surface area contributed by atoms with Gasteiger partial charge in [0.15, 0.2) is 0 Å². The molecule has 0 bridgehead atoms. The minimum Gasteiger partial charge on any atom is -0.343 e. The van der Waals surface area contributed by atoms with Crippen molar-refractivity contribution < 1.29 is 4.39 Å². The normalized spacial score (nSPS) is 14.7. The molecule has 1 heterocycles. The summed E-state index contributed by atoms with van der Waals surface area (Å²) in [6.45, 7) is 3.84. The Morgan fingerprint density at radius 2 is 2.05 bits per heavy atom. The first kappa shape index (κ1) is 12.5. The maximum Gasteiger partial charge on any atom is 0.133 e. The van der Waals surface area contributed by atoms with Crippen LogP contribution in [0.4, 0.5) is 4.39 Å². The molecule has 1 aromatic carbocycles. The molecule has 1 N–H and O–H groups in total. The molecule has 3 rings (SSSR count). The average Bonchev–Trinajstić information content (AvgIpc) is 3.20. The summed E-state index contributed by atoms with van der Waals surface area (Å²) >= 11 is 5.30. The molecule has 0 unspecified atom stereocenters. The van der Waals surface area contributed by atoms with Crippen LogP contribution in [0.25, 0.3) is 11.3 Å². The molecule has 0 aliphatic heterocycles. The van der Waals surface area contributed by atoms with Crippen molar-refractivity contribution in [2.45, 2.75) is 32.6 Å². The molecule has 1 saturated carbocycles. The molecule has 0 amide bonds. The van der Waals surface area contributed by atoms with Gasteiger partial charge in [-0.3, -0.25) is 0 Å². The summed E-state index contributed by atoms with van der Waals surface area (Å²) in [5.74, 6) is 1.13. The first-order chi connectivity index (χ1) is 9.06. The van der Waals surface area contributed by atoms with Gasteiger partial charge in [-0.25, -0.2) is 9.37 Å². The van der Waals surface area contributed by atoms with Gasteiger partial charge in [0.05, 0.1) is 5.69 Å². The maximum absolute atomic E-state index is 14.0. The zero-order valence-corrected chi connectivity index (χ0v) is 11.8. The van der Waals surface area contributed by atoms with Crippen molar-refractivity contribution in [3.05, 3.63) is 45.6 Å². The summed E-state index contributed by atoms with van der Waals surface area (Å²) in [4.78, 5) is 7.69. The molecule has 4 heteroatoms. The van der Waals surface area contributed by atoms with Crippen molar-refractivity contribution in [2.75, 3.05) is 0 Å². The van der Waals surface area contributed by atoms with Crippen molar-refractivity contribution in [2.24, 2.45) is 0 Å². The van der Waals surface area contributed by atoms with Gasteiger partial charge >= 0.3 is 0 Å². The Morgan fingerprint density at radius 3 is 2.74 bits per heavy atom. The highest BCUT2D eigenvalue weighted by Gasteiger charge is 2.27. The van der Waals surface area contributed by atoms with Crippen LogP contribution in [-0.4, -0.2) is 9.97 Å². The van der Waals surface area contributed by atoms with Gasteiger partial charge in [0.25, 0.3) is 0 Å². The van der Waals surface area contributed by atoms with Crippen molar-refractivity contribution >= 4 is 12.2 Å².